The topological polar surface area (TPSA) is 35.6 Å². The van der Waals surface area contributed by atoms with Gasteiger partial charge in [-0.15, -0.1) is 0 Å². The summed E-state index contributed by atoms with van der Waals surface area (Å²) >= 11 is 0. The molecule has 0 fully saturated rings. The number of rotatable bonds is 1. The van der Waals surface area contributed by atoms with Gasteiger partial charge in [-0.3, -0.25) is 0 Å². The molecule has 0 spiro atoms. The molecule has 0 saturated heterocycles. The predicted octanol–water partition coefficient (Wildman–Crippen LogP) is 2.07. The van der Waals surface area contributed by atoms with Gasteiger partial charge in [0.05, 0.1) is 11.2 Å². The molecule has 0 saturated carbocycles. The summed E-state index contributed by atoms with van der Waals surface area (Å²) in [5.74, 6) is 0. The number of aryl methyl sites for hydroxylation is 2. The van der Waals surface area contributed by atoms with Crippen LogP contribution in [0.15, 0.2) is 37.1 Å². The molecule has 0 amide bonds. The molecule has 3 rings (SSSR count). The van der Waals surface area contributed by atoms with Crippen molar-refractivity contribution < 1.29 is 0 Å². The summed E-state index contributed by atoms with van der Waals surface area (Å²) in [6.07, 6.45) is 5.33. The van der Waals surface area contributed by atoms with Crippen LogP contribution in [-0.4, -0.2) is 19.3 Å². The van der Waals surface area contributed by atoms with Gasteiger partial charge in [-0.05, 0) is 30.7 Å². The second-order valence-electron chi connectivity index (χ2n) is 3.97. The molecular formula is C12H12N4. The average Bonchev–Trinajstić information content (AvgIpc) is 2.87. The van der Waals surface area contributed by atoms with E-state index in [2.05, 4.69) is 53.0 Å². The lowest BCUT2D eigenvalue weighted by Crippen LogP contribution is -1.96. The summed E-state index contributed by atoms with van der Waals surface area (Å²) in [5, 5.41) is 5.37. The van der Waals surface area contributed by atoms with Gasteiger partial charge in [-0.2, -0.15) is 5.10 Å². The minimum atomic E-state index is 1.05. The van der Waals surface area contributed by atoms with E-state index < -0.39 is 0 Å². The van der Waals surface area contributed by atoms with Gasteiger partial charge in [0.15, 0.2) is 0 Å². The standard InChI is InChI=1S/C12H12N4/c1-9-5-11(16-8-13-7-14-16)6-10-3-4-15(2)12(9)10/h3-8H,1-2H3. The minimum absolute atomic E-state index is 1.05. The zero-order valence-corrected chi connectivity index (χ0v) is 9.25. The summed E-state index contributed by atoms with van der Waals surface area (Å²) in [5.41, 5.74) is 3.56. The maximum absolute atomic E-state index is 4.14. The molecule has 0 aliphatic carbocycles. The van der Waals surface area contributed by atoms with E-state index in [1.807, 2.05) is 0 Å². The van der Waals surface area contributed by atoms with Crippen molar-refractivity contribution in [2.75, 3.05) is 0 Å². The van der Waals surface area contributed by atoms with Crippen molar-refractivity contribution in [3.8, 4) is 5.69 Å². The Kier molecular flexibility index (Phi) is 1.83. The predicted molar refractivity (Wildman–Crippen MR) is 62.6 cm³/mol. The van der Waals surface area contributed by atoms with Crippen LogP contribution in [0.5, 0.6) is 0 Å². The van der Waals surface area contributed by atoms with Crippen LogP contribution in [0.2, 0.25) is 0 Å². The van der Waals surface area contributed by atoms with Gasteiger partial charge in [0.25, 0.3) is 0 Å². The van der Waals surface area contributed by atoms with Crippen LogP contribution in [0.25, 0.3) is 16.6 Å². The van der Waals surface area contributed by atoms with Crippen LogP contribution >= 0.6 is 0 Å². The zero-order chi connectivity index (χ0) is 11.1. The van der Waals surface area contributed by atoms with Gasteiger partial charge in [0.1, 0.15) is 12.7 Å². The number of hydrogen-bond acceptors (Lipinski definition) is 2. The lowest BCUT2D eigenvalue weighted by molar-refractivity contribution is 0.878. The second-order valence-corrected chi connectivity index (χ2v) is 3.97. The molecule has 0 atom stereocenters. The summed E-state index contributed by atoms with van der Waals surface area (Å²) in [6.45, 7) is 2.11. The Morgan fingerprint density at radius 3 is 2.88 bits per heavy atom. The Labute approximate surface area is 93.1 Å². The molecular weight excluding hydrogens is 200 g/mol. The fourth-order valence-electron chi connectivity index (χ4n) is 2.14. The van der Waals surface area contributed by atoms with Crippen molar-refractivity contribution in [2.24, 2.45) is 7.05 Å². The summed E-state index contributed by atoms with van der Waals surface area (Å²) in [7, 11) is 2.06. The molecule has 2 heterocycles. The highest BCUT2D eigenvalue weighted by molar-refractivity contribution is 5.85. The van der Waals surface area contributed by atoms with E-state index in [4.69, 9.17) is 0 Å². The third-order valence-corrected chi connectivity index (χ3v) is 2.83. The Balaban J connectivity index is 2.30. The Morgan fingerprint density at radius 1 is 1.25 bits per heavy atom. The van der Waals surface area contributed by atoms with Gasteiger partial charge < -0.3 is 4.57 Å². The molecule has 3 aromatic rings. The maximum atomic E-state index is 4.14. The first-order valence-electron chi connectivity index (χ1n) is 5.16. The van der Waals surface area contributed by atoms with Crippen molar-refractivity contribution in [2.45, 2.75) is 6.92 Å². The van der Waals surface area contributed by atoms with Crippen LogP contribution in [0.3, 0.4) is 0 Å². The quantitative estimate of drug-likeness (QED) is 0.619. The number of fused-ring (bicyclic) bond motifs is 1. The molecule has 16 heavy (non-hydrogen) atoms. The van der Waals surface area contributed by atoms with Crippen LogP contribution in [0, 0.1) is 6.92 Å². The third kappa shape index (κ3) is 1.23. The van der Waals surface area contributed by atoms with Crippen LogP contribution < -0.4 is 0 Å². The normalized spacial score (nSPS) is 11.1. The molecule has 1 aromatic carbocycles. The van der Waals surface area contributed by atoms with Crippen molar-refractivity contribution >= 4 is 10.9 Å². The minimum Gasteiger partial charge on any atom is -0.350 e. The first-order valence-corrected chi connectivity index (χ1v) is 5.16. The van der Waals surface area contributed by atoms with E-state index in [9.17, 15) is 0 Å². The van der Waals surface area contributed by atoms with Crippen molar-refractivity contribution in [1.82, 2.24) is 19.3 Å². The van der Waals surface area contributed by atoms with E-state index in [-0.39, 0.29) is 0 Å². The molecule has 80 valence electrons. The van der Waals surface area contributed by atoms with Crippen LogP contribution in [-0.2, 0) is 7.05 Å². The molecule has 0 aliphatic rings. The van der Waals surface area contributed by atoms with Crippen molar-refractivity contribution in [1.29, 1.82) is 0 Å². The van der Waals surface area contributed by atoms with Crippen molar-refractivity contribution in [3.63, 3.8) is 0 Å². The molecule has 2 aromatic heterocycles. The Morgan fingerprint density at radius 2 is 2.12 bits per heavy atom. The Bertz CT molecular complexity index is 634. The molecule has 0 N–H and O–H groups in total. The molecule has 0 unspecified atom stereocenters. The number of aromatic nitrogens is 4. The average molecular weight is 212 g/mol. The van der Waals surface area contributed by atoms with E-state index in [0.29, 0.717) is 0 Å². The highest BCUT2D eigenvalue weighted by Gasteiger charge is 2.05. The third-order valence-electron chi connectivity index (χ3n) is 2.83. The first kappa shape index (κ1) is 9.15. The second kappa shape index (κ2) is 3.20. The Hall–Kier alpha value is -2.10. The lowest BCUT2D eigenvalue weighted by Gasteiger charge is -2.05. The summed E-state index contributed by atoms with van der Waals surface area (Å²) in [4.78, 5) is 3.96. The number of benzene rings is 1. The maximum Gasteiger partial charge on any atom is 0.138 e. The molecule has 0 aliphatic heterocycles. The zero-order valence-electron chi connectivity index (χ0n) is 9.25. The number of nitrogens with zero attached hydrogens (tertiary/aromatic N) is 4. The largest absolute Gasteiger partial charge is 0.350 e. The monoisotopic (exact) mass is 212 g/mol. The molecule has 0 radical (unpaired) electrons. The fraction of sp³-hybridized carbons (Fsp3) is 0.167. The van der Waals surface area contributed by atoms with E-state index >= 15 is 0 Å². The molecule has 4 heteroatoms. The van der Waals surface area contributed by atoms with E-state index in [0.717, 1.165) is 5.69 Å². The molecule has 0 bridgehead atoms. The SMILES string of the molecule is Cc1cc(-n2cncn2)cc2ccn(C)c12. The smallest absolute Gasteiger partial charge is 0.138 e. The van der Waals surface area contributed by atoms with Gasteiger partial charge >= 0.3 is 0 Å². The highest BCUT2D eigenvalue weighted by Crippen LogP contribution is 2.22. The van der Waals surface area contributed by atoms with Crippen LogP contribution in [0.1, 0.15) is 5.56 Å². The lowest BCUT2D eigenvalue weighted by atomic mass is 10.1. The fourth-order valence-corrected chi connectivity index (χ4v) is 2.14. The van der Waals surface area contributed by atoms with Gasteiger partial charge in [0, 0.05) is 18.6 Å². The number of hydrogen-bond donors (Lipinski definition) is 0. The van der Waals surface area contributed by atoms with Crippen molar-refractivity contribution in [3.05, 3.63) is 42.6 Å². The van der Waals surface area contributed by atoms with Gasteiger partial charge in [-0.25, -0.2) is 9.67 Å². The summed E-state index contributed by atoms with van der Waals surface area (Å²) in [6, 6.07) is 6.36. The van der Waals surface area contributed by atoms with E-state index in [1.54, 1.807) is 17.3 Å². The van der Waals surface area contributed by atoms with E-state index in [1.165, 1.54) is 16.5 Å². The van der Waals surface area contributed by atoms with Crippen LogP contribution in [0.4, 0.5) is 0 Å². The highest BCUT2D eigenvalue weighted by atomic mass is 15.3. The van der Waals surface area contributed by atoms with Gasteiger partial charge in [-0.1, -0.05) is 0 Å². The van der Waals surface area contributed by atoms with Gasteiger partial charge in [0.2, 0.25) is 0 Å². The molecule has 4 nitrogen and oxygen atoms in total. The first-order chi connectivity index (χ1) is 7.75. The summed E-state index contributed by atoms with van der Waals surface area (Å²) < 4.78 is 3.91.